The number of benzene rings is 2. The first-order valence-electron chi connectivity index (χ1n) is 6.80. The molecule has 0 aliphatic rings. The minimum atomic E-state index is -0.0433. The molecule has 0 radical (unpaired) electrons. The summed E-state index contributed by atoms with van der Waals surface area (Å²) in [7, 11) is 0. The van der Waals surface area contributed by atoms with Crippen molar-refractivity contribution < 1.29 is 0 Å². The number of halogens is 1. The van der Waals surface area contributed by atoms with E-state index in [1.165, 1.54) is 11.1 Å². The van der Waals surface area contributed by atoms with Gasteiger partial charge in [0.05, 0.1) is 0 Å². The van der Waals surface area contributed by atoms with Gasteiger partial charge in [-0.1, -0.05) is 72.2 Å². The molecule has 0 aliphatic carbocycles. The molecule has 20 heavy (non-hydrogen) atoms. The Morgan fingerprint density at radius 1 is 1.10 bits per heavy atom. The summed E-state index contributed by atoms with van der Waals surface area (Å²) < 4.78 is 1.10. The maximum Gasteiger partial charge on any atom is 0.0342 e. The Balaban J connectivity index is 2.23. The maximum atomic E-state index is 5.82. The zero-order chi connectivity index (χ0) is 14.6. The Bertz CT molecular complexity index is 552. The average molecular weight is 333 g/mol. The lowest BCUT2D eigenvalue weighted by molar-refractivity contribution is 0.341. The van der Waals surface area contributed by atoms with Gasteiger partial charge >= 0.3 is 0 Å². The second-order valence-corrected chi connectivity index (χ2v) is 6.56. The van der Waals surface area contributed by atoms with Gasteiger partial charge in [-0.3, -0.25) is 11.3 Å². The van der Waals surface area contributed by atoms with Crippen molar-refractivity contribution in [2.45, 2.75) is 31.7 Å². The Kier molecular flexibility index (Phi) is 4.97. The van der Waals surface area contributed by atoms with Gasteiger partial charge < -0.3 is 0 Å². The van der Waals surface area contributed by atoms with Gasteiger partial charge in [0.25, 0.3) is 0 Å². The van der Waals surface area contributed by atoms with Crippen LogP contribution in [0.3, 0.4) is 0 Å². The number of hydrazine groups is 1. The quantitative estimate of drug-likeness (QED) is 0.645. The van der Waals surface area contributed by atoms with Crippen molar-refractivity contribution in [1.82, 2.24) is 5.43 Å². The molecule has 0 heterocycles. The molecule has 0 amide bonds. The highest BCUT2D eigenvalue weighted by Gasteiger charge is 2.30. The van der Waals surface area contributed by atoms with Gasteiger partial charge in [0.1, 0.15) is 0 Å². The molecule has 0 aromatic heterocycles. The van der Waals surface area contributed by atoms with Crippen LogP contribution in [-0.4, -0.2) is 6.04 Å². The van der Waals surface area contributed by atoms with E-state index in [1.807, 2.05) is 12.1 Å². The highest BCUT2D eigenvalue weighted by Crippen LogP contribution is 2.29. The van der Waals surface area contributed by atoms with Gasteiger partial charge in [-0.25, -0.2) is 0 Å². The first kappa shape index (κ1) is 15.2. The standard InChI is InChI=1S/C17H21BrN2/c1-17(2,14-8-4-3-5-9-14)16(20-19)12-13-7-6-10-15(18)11-13/h3-11,16,20H,12,19H2,1-2H3. The zero-order valence-electron chi connectivity index (χ0n) is 11.9. The molecule has 2 rings (SSSR count). The lowest BCUT2D eigenvalue weighted by Crippen LogP contribution is -2.49. The van der Waals surface area contributed by atoms with E-state index < -0.39 is 0 Å². The summed E-state index contributed by atoms with van der Waals surface area (Å²) in [5.41, 5.74) is 5.51. The van der Waals surface area contributed by atoms with Crippen molar-refractivity contribution in [2.24, 2.45) is 5.84 Å². The summed E-state index contributed by atoms with van der Waals surface area (Å²) in [6.45, 7) is 4.45. The van der Waals surface area contributed by atoms with E-state index in [0.29, 0.717) is 0 Å². The predicted molar refractivity (Wildman–Crippen MR) is 88.4 cm³/mol. The van der Waals surface area contributed by atoms with Crippen LogP contribution in [0.25, 0.3) is 0 Å². The molecule has 1 unspecified atom stereocenters. The molecule has 0 saturated heterocycles. The molecule has 3 N–H and O–H groups in total. The van der Waals surface area contributed by atoms with Crippen molar-refractivity contribution in [3.63, 3.8) is 0 Å². The topological polar surface area (TPSA) is 38.0 Å². The average Bonchev–Trinajstić information content (AvgIpc) is 2.45. The Hall–Kier alpha value is -1.16. The van der Waals surface area contributed by atoms with Crippen LogP contribution < -0.4 is 11.3 Å². The van der Waals surface area contributed by atoms with Crippen LogP contribution in [0.4, 0.5) is 0 Å². The number of nitrogens with one attached hydrogen (secondary N) is 1. The number of hydrogen-bond donors (Lipinski definition) is 2. The van der Waals surface area contributed by atoms with E-state index in [0.717, 1.165) is 10.9 Å². The fourth-order valence-electron chi connectivity index (χ4n) is 2.49. The molecule has 106 valence electrons. The molecule has 2 aromatic carbocycles. The first-order chi connectivity index (χ1) is 9.54. The summed E-state index contributed by atoms with van der Waals surface area (Å²) in [5, 5.41) is 0. The lowest BCUT2D eigenvalue weighted by Gasteiger charge is -2.34. The third-order valence-electron chi connectivity index (χ3n) is 3.92. The lowest BCUT2D eigenvalue weighted by atomic mass is 9.76. The minimum Gasteiger partial charge on any atom is -0.271 e. The van der Waals surface area contributed by atoms with Gasteiger partial charge in [0.2, 0.25) is 0 Å². The molecular formula is C17H21BrN2. The zero-order valence-corrected chi connectivity index (χ0v) is 13.5. The Morgan fingerprint density at radius 3 is 2.40 bits per heavy atom. The highest BCUT2D eigenvalue weighted by atomic mass is 79.9. The fourth-order valence-corrected chi connectivity index (χ4v) is 2.94. The minimum absolute atomic E-state index is 0.0433. The van der Waals surface area contributed by atoms with Crippen LogP contribution >= 0.6 is 15.9 Å². The predicted octanol–water partition coefficient (Wildman–Crippen LogP) is 3.80. The van der Waals surface area contributed by atoms with Gasteiger partial charge in [0.15, 0.2) is 0 Å². The van der Waals surface area contributed by atoms with E-state index in [4.69, 9.17) is 5.84 Å². The van der Waals surface area contributed by atoms with Gasteiger partial charge in [-0.05, 0) is 29.7 Å². The molecule has 2 nitrogen and oxygen atoms in total. The van der Waals surface area contributed by atoms with E-state index in [1.54, 1.807) is 0 Å². The molecule has 3 heteroatoms. The molecule has 0 spiro atoms. The van der Waals surface area contributed by atoms with Crippen molar-refractivity contribution >= 4 is 15.9 Å². The van der Waals surface area contributed by atoms with Crippen LogP contribution in [-0.2, 0) is 11.8 Å². The normalized spacial score (nSPS) is 13.2. The van der Waals surface area contributed by atoms with Gasteiger partial charge in [0, 0.05) is 15.9 Å². The molecule has 0 aliphatic heterocycles. The molecule has 0 fully saturated rings. The molecular weight excluding hydrogens is 312 g/mol. The largest absolute Gasteiger partial charge is 0.271 e. The van der Waals surface area contributed by atoms with Crippen molar-refractivity contribution in [1.29, 1.82) is 0 Å². The highest BCUT2D eigenvalue weighted by molar-refractivity contribution is 9.10. The molecule has 0 saturated carbocycles. The smallest absolute Gasteiger partial charge is 0.0342 e. The molecule has 2 aromatic rings. The van der Waals surface area contributed by atoms with Crippen LogP contribution in [0.2, 0.25) is 0 Å². The van der Waals surface area contributed by atoms with Crippen LogP contribution in [0.1, 0.15) is 25.0 Å². The second-order valence-electron chi connectivity index (χ2n) is 5.64. The summed E-state index contributed by atoms with van der Waals surface area (Å²) in [4.78, 5) is 0. The summed E-state index contributed by atoms with van der Waals surface area (Å²) in [6, 6.07) is 19.0. The van der Waals surface area contributed by atoms with E-state index in [-0.39, 0.29) is 11.5 Å². The fraction of sp³-hybridized carbons (Fsp3) is 0.294. The van der Waals surface area contributed by atoms with Crippen molar-refractivity contribution in [2.75, 3.05) is 0 Å². The van der Waals surface area contributed by atoms with Gasteiger partial charge in [-0.15, -0.1) is 0 Å². The molecule has 1 atom stereocenters. The third kappa shape index (κ3) is 3.48. The third-order valence-corrected chi connectivity index (χ3v) is 4.41. The van der Waals surface area contributed by atoms with Crippen molar-refractivity contribution in [3.05, 3.63) is 70.2 Å². The van der Waals surface area contributed by atoms with Crippen molar-refractivity contribution in [3.8, 4) is 0 Å². The number of rotatable bonds is 5. The monoisotopic (exact) mass is 332 g/mol. The van der Waals surface area contributed by atoms with Crippen LogP contribution in [0, 0.1) is 0 Å². The number of hydrogen-bond acceptors (Lipinski definition) is 2. The molecule has 0 bridgehead atoms. The van der Waals surface area contributed by atoms with Gasteiger partial charge in [-0.2, -0.15) is 0 Å². The maximum absolute atomic E-state index is 5.82. The van der Waals surface area contributed by atoms with E-state index in [9.17, 15) is 0 Å². The second kappa shape index (κ2) is 6.53. The van der Waals surface area contributed by atoms with E-state index >= 15 is 0 Å². The Morgan fingerprint density at radius 2 is 1.80 bits per heavy atom. The SMILES string of the molecule is CC(C)(c1ccccc1)C(Cc1cccc(Br)c1)NN. The van der Waals surface area contributed by atoms with E-state index in [2.05, 4.69) is 77.7 Å². The van der Waals surface area contributed by atoms with Crippen LogP contribution in [0.5, 0.6) is 0 Å². The number of nitrogens with two attached hydrogens (primary N) is 1. The van der Waals surface area contributed by atoms with Crippen LogP contribution in [0.15, 0.2) is 59.1 Å². The summed E-state index contributed by atoms with van der Waals surface area (Å²) in [6.07, 6.45) is 0.887. The summed E-state index contributed by atoms with van der Waals surface area (Å²) >= 11 is 3.52. The Labute approximate surface area is 129 Å². The summed E-state index contributed by atoms with van der Waals surface area (Å²) in [5.74, 6) is 5.82. The first-order valence-corrected chi connectivity index (χ1v) is 7.59.